The van der Waals surface area contributed by atoms with Crippen molar-refractivity contribution in [3.05, 3.63) is 95.3 Å². The van der Waals surface area contributed by atoms with Gasteiger partial charge in [-0.2, -0.15) is 0 Å². The molecule has 0 N–H and O–H groups in total. The van der Waals surface area contributed by atoms with Gasteiger partial charge in [0.2, 0.25) is 5.91 Å². The molecule has 1 fully saturated rings. The molecule has 214 valence electrons. The van der Waals surface area contributed by atoms with Gasteiger partial charge >= 0.3 is 0 Å². The van der Waals surface area contributed by atoms with Gasteiger partial charge in [0.1, 0.15) is 6.54 Å². The van der Waals surface area contributed by atoms with Crippen molar-refractivity contribution in [1.82, 2.24) is 14.4 Å². The molecule has 3 aromatic rings. The minimum Gasteiger partial charge on any atom is -0.345 e. The average molecular weight is 542 g/mol. The Morgan fingerprint density at radius 2 is 1.60 bits per heavy atom. The summed E-state index contributed by atoms with van der Waals surface area (Å²) >= 11 is 0. The van der Waals surface area contributed by atoms with Gasteiger partial charge in [-0.1, -0.05) is 89.4 Å². The number of hydrogen-bond donors (Lipinski definition) is 0. The summed E-state index contributed by atoms with van der Waals surface area (Å²) in [6, 6.07) is 22.7. The summed E-state index contributed by atoms with van der Waals surface area (Å²) in [5.41, 5.74) is 4.22. The van der Waals surface area contributed by atoms with Crippen LogP contribution in [-0.4, -0.2) is 44.8 Å². The first-order valence-electron chi connectivity index (χ1n) is 15.1. The molecule has 1 saturated carbocycles. The summed E-state index contributed by atoms with van der Waals surface area (Å²) in [5.74, 6) is -0.0291. The maximum Gasteiger partial charge on any atom is 0.254 e. The fourth-order valence-electron chi connectivity index (χ4n) is 5.68. The lowest BCUT2D eigenvalue weighted by molar-refractivity contribution is -0.136. The van der Waals surface area contributed by atoms with Crippen LogP contribution in [0.2, 0.25) is 0 Å². The minimum atomic E-state index is -0.0702. The molecule has 4 rings (SSSR count). The van der Waals surface area contributed by atoms with Gasteiger partial charge in [0.25, 0.3) is 5.91 Å². The smallest absolute Gasteiger partial charge is 0.254 e. The zero-order valence-corrected chi connectivity index (χ0v) is 25.1. The predicted octanol–water partition coefficient (Wildman–Crippen LogP) is 7.44. The standard InChI is InChI=1S/C35H47N3O2/c1-6-27(2)37(34(40)29-19-21-30(22-20-29)35(3,4)5)26-33(39)38(31-16-11-8-12-17-31)25-32-18-13-23-36(32)24-28-14-9-7-10-15-28/h7,9-10,13-15,18-23,27,31H,6,8,11-12,16-17,24-26H2,1-5H3. The molecule has 0 aliphatic heterocycles. The van der Waals surface area contributed by atoms with Crippen molar-refractivity contribution in [1.29, 1.82) is 0 Å². The van der Waals surface area contributed by atoms with Crippen LogP contribution in [0.1, 0.15) is 100 Å². The van der Waals surface area contributed by atoms with Crippen LogP contribution in [0, 0.1) is 0 Å². The molecule has 1 unspecified atom stereocenters. The Balaban J connectivity index is 1.56. The lowest BCUT2D eigenvalue weighted by Crippen LogP contribution is -2.49. The molecule has 5 nitrogen and oxygen atoms in total. The summed E-state index contributed by atoms with van der Waals surface area (Å²) < 4.78 is 2.24. The van der Waals surface area contributed by atoms with Gasteiger partial charge in [-0.25, -0.2) is 0 Å². The number of carbonyl (C=O) groups is 2. The lowest BCUT2D eigenvalue weighted by Gasteiger charge is -2.37. The van der Waals surface area contributed by atoms with E-state index in [-0.39, 0.29) is 35.9 Å². The van der Waals surface area contributed by atoms with Crippen LogP contribution in [-0.2, 0) is 23.3 Å². The van der Waals surface area contributed by atoms with Crippen LogP contribution in [0.5, 0.6) is 0 Å². The Kier molecular flexibility index (Phi) is 9.89. The van der Waals surface area contributed by atoms with Gasteiger partial charge in [0.05, 0.1) is 6.54 Å². The first-order chi connectivity index (χ1) is 19.2. The van der Waals surface area contributed by atoms with Crippen LogP contribution in [0.25, 0.3) is 0 Å². The van der Waals surface area contributed by atoms with E-state index in [9.17, 15) is 9.59 Å². The Labute approximate surface area is 241 Å². The number of nitrogens with zero attached hydrogens (tertiary/aromatic N) is 3. The Bertz CT molecular complexity index is 1230. The van der Waals surface area contributed by atoms with E-state index in [4.69, 9.17) is 0 Å². The highest BCUT2D eigenvalue weighted by molar-refractivity contribution is 5.96. The Morgan fingerprint density at radius 1 is 0.925 bits per heavy atom. The monoisotopic (exact) mass is 541 g/mol. The normalized spacial score (nSPS) is 15.0. The molecule has 0 spiro atoms. The van der Waals surface area contributed by atoms with Crippen LogP contribution >= 0.6 is 0 Å². The highest BCUT2D eigenvalue weighted by Gasteiger charge is 2.31. The molecule has 1 atom stereocenters. The first kappa shape index (κ1) is 29.6. The summed E-state index contributed by atoms with van der Waals surface area (Å²) in [6.07, 6.45) is 8.46. The molecule has 1 heterocycles. The average Bonchev–Trinajstić information content (AvgIpc) is 3.40. The van der Waals surface area contributed by atoms with Crippen molar-refractivity contribution in [2.24, 2.45) is 0 Å². The molecular formula is C35H47N3O2. The van der Waals surface area contributed by atoms with E-state index in [1.807, 2.05) is 37.3 Å². The van der Waals surface area contributed by atoms with Crippen molar-refractivity contribution in [3.8, 4) is 0 Å². The molecular weight excluding hydrogens is 494 g/mol. The molecule has 40 heavy (non-hydrogen) atoms. The van der Waals surface area contributed by atoms with Crippen LogP contribution < -0.4 is 0 Å². The molecule has 0 saturated heterocycles. The molecule has 5 heteroatoms. The van der Waals surface area contributed by atoms with Crippen molar-refractivity contribution in [2.45, 2.75) is 104 Å². The second-order valence-corrected chi connectivity index (χ2v) is 12.4. The Morgan fingerprint density at radius 3 is 2.23 bits per heavy atom. The predicted molar refractivity (Wildman–Crippen MR) is 163 cm³/mol. The fourth-order valence-corrected chi connectivity index (χ4v) is 5.68. The summed E-state index contributed by atoms with van der Waals surface area (Å²) in [5, 5.41) is 0. The van der Waals surface area contributed by atoms with Gasteiger partial charge in [-0.3, -0.25) is 9.59 Å². The van der Waals surface area contributed by atoms with Gasteiger partial charge in [-0.15, -0.1) is 0 Å². The molecule has 1 aliphatic rings. The fraction of sp³-hybridized carbons (Fsp3) is 0.486. The van der Waals surface area contributed by atoms with Crippen molar-refractivity contribution in [3.63, 3.8) is 0 Å². The second kappa shape index (κ2) is 13.3. The topological polar surface area (TPSA) is 45.6 Å². The number of hydrogen-bond acceptors (Lipinski definition) is 2. The number of amides is 2. The van der Waals surface area contributed by atoms with E-state index < -0.39 is 0 Å². The third kappa shape index (κ3) is 7.44. The van der Waals surface area contributed by atoms with E-state index in [1.165, 1.54) is 17.5 Å². The quantitative estimate of drug-likeness (QED) is 0.268. The van der Waals surface area contributed by atoms with E-state index in [0.717, 1.165) is 44.3 Å². The van der Waals surface area contributed by atoms with Gasteiger partial charge in [0.15, 0.2) is 0 Å². The maximum absolute atomic E-state index is 14.1. The zero-order chi connectivity index (χ0) is 28.7. The van der Waals surface area contributed by atoms with Crippen LogP contribution in [0.15, 0.2) is 72.9 Å². The van der Waals surface area contributed by atoms with Crippen LogP contribution in [0.3, 0.4) is 0 Å². The van der Waals surface area contributed by atoms with E-state index in [0.29, 0.717) is 12.1 Å². The number of carbonyl (C=O) groups excluding carboxylic acids is 2. The Hall–Kier alpha value is -3.34. The van der Waals surface area contributed by atoms with E-state index >= 15 is 0 Å². The third-order valence-electron chi connectivity index (χ3n) is 8.47. The lowest BCUT2D eigenvalue weighted by atomic mass is 9.86. The van der Waals surface area contributed by atoms with E-state index in [2.05, 4.69) is 79.8 Å². The molecule has 0 bridgehead atoms. The number of aromatic nitrogens is 1. The summed E-state index contributed by atoms with van der Waals surface area (Å²) in [7, 11) is 0. The van der Waals surface area contributed by atoms with E-state index in [1.54, 1.807) is 4.90 Å². The van der Waals surface area contributed by atoms with Crippen molar-refractivity contribution >= 4 is 11.8 Å². The summed E-state index contributed by atoms with van der Waals surface area (Å²) in [4.78, 5) is 31.7. The largest absolute Gasteiger partial charge is 0.345 e. The zero-order valence-electron chi connectivity index (χ0n) is 25.1. The van der Waals surface area contributed by atoms with Crippen molar-refractivity contribution in [2.75, 3.05) is 6.54 Å². The number of benzene rings is 2. The minimum absolute atomic E-state index is 0.0204. The molecule has 2 amide bonds. The highest BCUT2D eigenvalue weighted by Crippen LogP contribution is 2.26. The van der Waals surface area contributed by atoms with Crippen LogP contribution in [0.4, 0.5) is 0 Å². The van der Waals surface area contributed by atoms with Crippen molar-refractivity contribution < 1.29 is 9.59 Å². The number of rotatable bonds is 10. The van der Waals surface area contributed by atoms with Gasteiger partial charge < -0.3 is 14.4 Å². The third-order valence-corrected chi connectivity index (χ3v) is 8.47. The first-order valence-corrected chi connectivity index (χ1v) is 15.1. The van der Waals surface area contributed by atoms with Gasteiger partial charge in [-0.05, 0) is 67.0 Å². The molecule has 2 aromatic carbocycles. The maximum atomic E-state index is 14.1. The highest BCUT2D eigenvalue weighted by atomic mass is 16.2. The van der Waals surface area contributed by atoms with Gasteiger partial charge in [0, 0.05) is 36.1 Å². The SMILES string of the molecule is CCC(C)N(CC(=O)N(Cc1cccn1Cc1ccccc1)C1CCCCC1)C(=O)c1ccc(C(C)(C)C)cc1. The second-order valence-electron chi connectivity index (χ2n) is 12.4. The molecule has 1 aromatic heterocycles. The molecule has 0 radical (unpaired) electrons. The molecule has 1 aliphatic carbocycles. The summed E-state index contributed by atoms with van der Waals surface area (Å²) in [6.45, 7) is 12.1.